The van der Waals surface area contributed by atoms with E-state index in [0.29, 0.717) is 5.75 Å². The Balaban J connectivity index is 1.43. The third kappa shape index (κ3) is 3.24. The molecule has 1 aromatic carbocycles. The van der Waals surface area contributed by atoms with Crippen LogP contribution in [0.3, 0.4) is 0 Å². The topological polar surface area (TPSA) is 72.7 Å². The number of nitrogens with one attached hydrogen (secondary N) is 1. The highest BCUT2D eigenvalue weighted by Gasteiger charge is 2.21. The number of aromatic nitrogens is 4. The fraction of sp³-hybridized carbons (Fsp3) is 0.333. The Morgan fingerprint density at radius 3 is 3.16 bits per heavy atom. The van der Waals surface area contributed by atoms with Crippen molar-refractivity contribution < 1.29 is 4.79 Å². The van der Waals surface area contributed by atoms with E-state index in [2.05, 4.69) is 38.6 Å². The van der Waals surface area contributed by atoms with Crippen molar-refractivity contribution in [1.82, 2.24) is 25.1 Å². The molecule has 0 saturated carbocycles. The Hall–Kier alpha value is -2.41. The van der Waals surface area contributed by atoms with Gasteiger partial charge in [-0.15, -0.1) is 0 Å². The van der Waals surface area contributed by atoms with E-state index in [4.69, 9.17) is 0 Å². The fourth-order valence-corrected chi connectivity index (χ4v) is 4.10. The lowest BCUT2D eigenvalue weighted by atomic mass is 9.88. The SMILES string of the molecule is Cn1ncc2c(SCC(=O)NC3CCCc4ccccc43)ncnc21. The van der Waals surface area contributed by atoms with Crippen LogP contribution < -0.4 is 5.32 Å². The third-order valence-electron chi connectivity index (χ3n) is 4.54. The van der Waals surface area contributed by atoms with Gasteiger partial charge in [0.05, 0.1) is 23.4 Å². The van der Waals surface area contributed by atoms with Gasteiger partial charge >= 0.3 is 0 Å². The average molecular weight is 353 g/mol. The molecule has 0 fully saturated rings. The first kappa shape index (κ1) is 16.1. The van der Waals surface area contributed by atoms with E-state index in [1.54, 1.807) is 10.9 Å². The number of nitrogens with zero attached hydrogens (tertiary/aromatic N) is 4. The smallest absolute Gasteiger partial charge is 0.230 e. The Labute approximate surface area is 150 Å². The predicted octanol–water partition coefficient (Wildman–Crippen LogP) is 2.65. The molecule has 0 bridgehead atoms. The highest BCUT2D eigenvalue weighted by molar-refractivity contribution is 8.00. The van der Waals surface area contributed by atoms with Crippen LogP contribution in [0.25, 0.3) is 11.0 Å². The average Bonchev–Trinajstić information content (AvgIpc) is 3.02. The van der Waals surface area contributed by atoms with Crippen molar-refractivity contribution >= 4 is 28.7 Å². The molecule has 1 unspecified atom stereocenters. The number of hydrogen-bond acceptors (Lipinski definition) is 5. The van der Waals surface area contributed by atoms with Crippen LogP contribution in [0.4, 0.5) is 0 Å². The summed E-state index contributed by atoms with van der Waals surface area (Å²) < 4.78 is 1.71. The van der Waals surface area contributed by atoms with Crippen LogP contribution in [-0.4, -0.2) is 31.4 Å². The van der Waals surface area contributed by atoms with Gasteiger partial charge in [0.2, 0.25) is 5.91 Å². The minimum absolute atomic E-state index is 0.0300. The molecule has 7 heteroatoms. The lowest BCUT2D eigenvalue weighted by molar-refractivity contribution is -0.119. The molecular weight excluding hydrogens is 334 g/mol. The highest BCUT2D eigenvalue weighted by Crippen LogP contribution is 2.30. The number of fused-ring (bicyclic) bond motifs is 2. The van der Waals surface area contributed by atoms with Crippen molar-refractivity contribution in [3.05, 3.63) is 47.9 Å². The summed E-state index contributed by atoms with van der Waals surface area (Å²) in [5.41, 5.74) is 3.38. The molecule has 128 valence electrons. The molecular formula is C18H19N5OS. The van der Waals surface area contributed by atoms with Gasteiger partial charge in [-0.25, -0.2) is 9.97 Å². The van der Waals surface area contributed by atoms with Gasteiger partial charge in [0.15, 0.2) is 5.65 Å². The summed E-state index contributed by atoms with van der Waals surface area (Å²) in [6, 6.07) is 8.49. The molecule has 2 heterocycles. The number of aryl methyl sites for hydroxylation is 2. The van der Waals surface area contributed by atoms with Crippen LogP contribution in [0.15, 0.2) is 41.8 Å². The summed E-state index contributed by atoms with van der Waals surface area (Å²) in [4.78, 5) is 21.0. The number of carbonyl (C=O) groups excluding carboxylic acids is 1. The zero-order valence-electron chi connectivity index (χ0n) is 14.0. The standard InChI is InChI=1S/C18H19N5OS/c1-23-17-14(9-21-23)18(20-11-19-17)25-10-16(24)22-15-8-4-6-12-5-2-3-7-13(12)15/h2-3,5,7,9,11,15H,4,6,8,10H2,1H3,(H,22,24). The first-order chi connectivity index (χ1) is 12.2. The molecule has 1 aliphatic carbocycles. The Morgan fingerprint density at radius 2 is 2.24 bits per heavy atom. The van der Waals surface area contributed by atoms with Gasteiger partial charge in [0.25, 0.3) is 0 Å². The van der Waals surface area contributed by atoms with E-state index in [-0.39, 0.29) is 11.9 Å². The summed E-state index contributed by atoms with van der Waals surface area (Å²) in [7, 11) is 1.84. The van der Waals surface area contributed by atoms with Crippen LogP contribution in [-0.2, 0) is 18.3 Å². The van der Waals surface area contributed by atoms with Crippen molar-refractivity contribution in [3.63, 3.8) is 0 Å². The first-order valence-corrected chi connectivity index (χ1v) is 9.33. The maximum atomic E-state index is 12.4. The fourth-order valence-electron chi connectivity index (χ4n) is 3.33. The van der Waals surface area contributed by atoms with Crippen LogP contribution >= 0.6 is 11.8 Å². The second-order valence-electron chi connectivity index (χ2n) is 6.18. The highest BCUT2D eigenvalue weighted by atomic mass is 32.2. The predicted molar refractivity (Wildman–Crippen MR) is 97.3 cm³/mol. The van der Waals surface area contributed by atoms with Crippen molar-refractivity contribution in [1.29, 1.82) is 0 Å². The molecule has 0 saturated heterocycles. The summed E-state index contributed by atoms with van der Waals surface area (Å²) in [6.45, 7) is 0. The minimum Gasteiger partial charge on any atom is -0.349 e. The van der Waals surface area contributed by atoms with Crippen molar-refractivity contribution in [2.75, 3.05) is 5.75 Å². The van der Waals surface area contributed by atoms with Crippen LogP contribution in [0, 0.1) is 0 Å². The van der Waals surface area contributed by atoms with Gasteiger partial charge in [-0.3, -0.25) is 9.48 Å². The molecule has 2 aromatic heterocycles. The molecule has 3 aromatic rings. The summed E-state index contributed by atoms with van der Waals surface area (Å²) in [6.07, 6.45) is 6.46. The second-order valence-corrected chi connectivity index (χ2v) is 7.15. The zero-order chi connectivity index (χ0) is 17.2. The maximum Gasteiger partial charge on any atom is 0.230 e. The lowest BCUT2D eigenvalue weighted by Crippen LogP contribution is -2.32. The normalized spacial score (nSPS) is 16.6. The summed E-state index contributed by atoms with van der Waals surface area (Å²) in [5, 5.41) is 9.05. The molecule has 1 atom stereocenters. The number of benzene rings is 1. The lowest BCUT2D eigenvalue weighted by Gasteiger charge is -2.26. The van der Waals surface area contributed by atoms with Gasteiger partial charge in [0.1, 0.15) is 11.4 Å². The minimum atomic E-state index is 0.0300. The Bertz CT molecular complexity index is 923. The molecule has 1 amide bonds. The number of amides is 1. The van der Waals surface area contributed by atoms with Crippen LogP contribution in [0.2, 0.25) is 0 Å². The number of rotatable bonds is 4. The molecule has 6 nitrogen and oxygen atoms in total. The van der Waals surface area contributed by atoms with Crippen LogP contribution in [0.5, 0.6) is 0 Å². The van der Waals surface area contributed by atoms with E-state index >= 15 is 0 Å². The van der Waals surface area contributed by atoms with Crippen molar-refractivity contribution in [2.45, 2.75) is 30.3 Å². The van der Waals surface area contributed by atoms with Crippen molar-refractivity contribution in [3.8, 4) is 0 Å². The van der Waals surface area contributed by atoms with E-state index in [9.17, 15) is 4.79 Å². The van der Waals surface area contributed by atoms with E-state index in [1.807, 2.05) is 13.1 Å². The number of carbonyl (C=O) groups is 1. The van der Waals surface area contributed by atoms with Gasteiger partial charge in [-0.05, 0) is 30.4 Å². The Kier molecular flexibility index (Phi) is 4.40. The van der Waals surface area contributed by atoms with E-state index in [1.165, 1.54) is 29.2 Å². The molecule has 0 spiro atoms. The van der Waals surface area contributed by atoms with Crippen molar-refractivity contribution in [2.24, 2.45) is 7.05 Å². The van der Waals surface area contributed by atoms with E-state index < -0.39 is 0 Å². The van der Waals surface area contributed by atoms with Gasteiger partial charge in [0, 0.05) is 7.05 Å². The maximum absolute atomic E-state index is 12.4. The largest absolute Gasteiger partial charge is 0.349 e. The zero-order valence-corrected chi connectivity index (χ0v) is 14.8. The van der Waals surface area contributed by atoms with Gasteiger partial charge in [-0.1, -0.05) is 36.0 Å². The molecule has 1 aliphatic rings. The molecule has 4 rings (SSSR count). The summed E-state index contributed by atoms with van der Waals surface area (Å²) >= 11 is 1.42. The van der Waals surface area contributed by atoms with Gasteiger partial charge < -0.3 is 5.32 Å². The number of hydrogen-bond donors (Lipinski definition) is 1. The molecule has 0 aliphatic heterocycles. The quantitative estimate of drug-likeness (QED) is 0.577. The van der Waals surface area contributed by atoms with E-state index in [0.717, 1.165) is 35.3 Å². The first-order valence-electron chi connectivity index (χ1n) is 8.35. The molecule has 25 heavy (non-hydrogen) atoms. The Morgan fingerprint density at radius 1 is 1.36 bits per heavy atom. The number of thioether (sulfide) groups is 1. The monoisotopic (exact) mass is 353 g/mol. The summed E-state index contributed by atoms with van der Waals surface area (Å²) in [5.74, 6) is 0.363. The third-order valence-corrected chi connectivity index (χ3v) is 5.54. The molecule has 1 N–H and O–H groups in total. The van der Waals surface area contributed by atoms with Gasteiger partial charge in [-0.2, -0.15) is 5.10 Å². The van der Waals surface area contributed by atoms with Crippen LogP contribution in [0.1, 0.15) is 30.0 Å². The molecule has 0 radical (unpaired) electrons. The second kappa shape index (κ2) is 6.84.